The van der Waals surface area contributed by atoms with Crippen LogP contribution in [0.3, 0.4) is 0 Å². The molecule has 0 aliphatic heterocycles. The standard InChI is InChI=1S/C20H16/c1-2-6-15(7-3-1)17-12-13-20-18(14-17)11-10-16-8-4-5-9-19(16)20/h1-11,13-14,17H,12H2. The minimum Gasteiger partial charge on any atom is -0.0751 e. The number of hydrogen-bond acceptors (Lipinski definition) is 0. The van der Waals surface area contributed by atoms with E-state index in [1.54, 1.807) is 0 Å². The quantitative estimate of drug-likeness (QED) is 0.624. The fourth-order valence-corrected chi connectivity index (χ4v) is 3.15. The van der Waals surface area contributed by atoms with Crippen LogP contribution in [0.4, 0.5) is 0 Å². The van der Waals surface area contributed by atoms with Crippen LogP contribution in [-0.2, 0) is 0 Å². The average Bonchev–Trinajstić information content (AvgIpc) is 2.55. The van der Waals surface area contributed by atoms with Gasteiger partial charge in [0.2, 0.25) is 0 Å². The normalized spacial score (nSPS) is 17.1. The van der Waals surface area contributed by atoms with Crippen LogP contribution in [-0.4, -0.2) is 0 Å². The van der Waals surface area contributed by atoms with Crippen molar-refractivity contribution in [2.75, 3.05) is 0 Å². The molecule has 1 unspecified atom stereocenters. The lowest BCUT2D eigenvalue weighted by Crippen LogP contribution is -2.29. The molecule has 0 aromatic heterocycles. The summed E-state index contributed by atoms with van der Waals surface area (Å²) in [7, 11) is 0. The molecule has 0 bridgehead atoms. The van der Waals surface area contributed by atoms with Crippen LogP contribution in [0, 0.1) is 0 Å². The van der Waals surface area contributed by atoms with E-state index >= 15 is 0 Å². The molecule has 20 heavy (non-hydrogen) atoms. The Morgan fingerprint density at radius 2 is 1.55 bits per heavy atom. The zero-order valence-corrected chi connectivity index (χ0v) is 11.3. The summed E-state index contributed by atoms with van der Waals surface area (Å²) in [6.07, 6.45) is 5.90. The third kappa shape index (κ3) is 1.85. The van der Waals surface area contributed by atoms with Gasteiger partial charge in [-0.05, 0) is 33.2 Å². The zero-order valence-electron chi connectivity index (χ0n) is 11.3. The van der Waals surface area contributed by atoms with E-state index < -0.39 is 0 Å². The molecule has 1 aliphatic rings. The van der Waals surface area contributed by atoms with Gasteiger partial charge >= 0.3 is 0 Å². The molecule has 0 saturated heterocycles. The second-order valence-corrected chi connectivity index (χ2v) is 5.41. The first-order valence-corrected chi connectivity index (χ1v) is 7.16. The molecule has 0 amide bonds. The van der Waals surface area contributed by atoms with Gasteiger partial charge in [-0.25, -0.2) is 0 Å². The van der Waals surface area contributed by atoms with E-state index in [4.69, 9.17) is 0 Å². The highest BCUT2D eigenvalue weighted by Gasteiger charge is 2.10. The van der Waals surface area contributed by atoms with Crippen LogP contribution in [0.5, 0.6) is 0 Å². The molecule has 0 spiro atoms. The highest BCUT2D eigenvalue weighted by Crippen LogP contribution is 2.23. The van der Waals surface area contributed by atoms with E-state index in [9.17, 15) is 0 Å². The molecule has 0 radical (unpaired) electrons. The van der Waals surface area contributed by atoms with Gasteiger partial charge in [-0.15, -0.1) is 0 Å². The van der Waals surface area contributed by atoms with Crippen LogP contribution in [0.25, 0.3) is 22.9 Å². The zero-order chi connectivity index (χ0) is 13.4. The summed E-state index contributed by atoms with van der Waals surface area (Å²) in [6, 6.07) is 23.9. The number of fused-ring (bicyclic) bond motifs is 3. The molecule has 1 atom stereocenters. The van der Waals surface area contributed by atoms with Gasteiger partial charge < -0.3 is 0 Å². The fourth-order valence-electron chi connectivity index (χ4n) is 3.15. The van der Waals surface area contributed by atoms with Crippen molar-refractivity contribution in [1.29, 1.82) is 0 Å². The molecule has 0 heterocycles. The lowest BCUT2D eigenvalue weighted by atomic mass is 9.89. The molecule has 4 rings (SSSR count). The van der Waals surface area contributed by atoms with Gasteiger partial charge in [-0.2, -0.15) is 0 Å². The Hall–Kier alpha value is -2.34. The first kappa shape index (κ1) is 11.5. The molecule has 3 aromatic rings. The minimum atomic E-state index is 0.505. The van der Waals surface area contributed by atoms with Crippen LogP contribution >= 0.6 is 0 Å². The molecule has 96 valence electrons. The predicted molar refractivity (Wildman–Crippen MR) is 85.9 cm³/mol. The summed E-state index contributed by atoms with van der Waals surface area (Å²) in [4.78, 5) is 0. The van der Waals surface area contributed by atoms with E-state index in [0.717, 1.165) is 6.42 Å². The molecule has 0 N–H and O–H groups in total. The summed E-state index contributed by atoms with van der Waals surface area (Å²) in [6.45, 7) is 0. The van der Waals surface area contributed by atoms with Gasteiger partial charge in [-0.1, -0.05) is 78.9 Å². The smallest absolute Gasteiger partial charge is 0.00620 e. The maximum absolute atomic E-state index is 2.41. The van der Waals surface area contributed by atoms with Crippen molar-refractivity contribution in [3.8, 4) is 0 Å². The SMILES string of the molecule is C1=c2ccc3ccccc3c2=CCC1c1ccccc1. The van der Waals surface area contributed by atoms with E-state index in [1.807, 2.05) is 0 Å². The van der Waals surface area contributed by atoms with Crippen molar-refractivity contribution < 1.29 is 0 Å². The fraction of sp³-hybridized carbons (Fsp3) is 0.100. The Morgan fingerprint density at radius 1 is 0.750 bits per heavy atom. The summed E-state index contributed by atoms with van der Waals surface area (Å²) in [5.74, 6) is 0.505. The van der Waals surface area contributed by atoms with E-state index in [2.05, 4.69) is 78.9 Å². The lowest BCUT2D eigenvalue weighted by Gasteiger charge is -2.15. The molecule has 0 saturated carbocycles. The highest BCUT2D eigenvalue weighted by molar-refractivity contribution is 5.84. The van der Waals surface area contributed by atoms with Crippen molar-refractivity contribution in [2.24, 2.45) is 0 Å². The first-order valence-electron chi connectivity index (χ1n) is 7.16. The van der Waals surface area contributed by atoms with Crippen molar-refractivity contribution in [3.63, 3.8) is 0 Å². The molecular formula is C20H16. The van der Waals surface area contributed by atoms with Gasteiger partial charge in [0, 0.05) is 5.92 Å². The highest BCUT2D eigenvalue weighted by atomic mass is 14.1. The van der Waals surface area contributed by atoms with Crippen LogP contribution in [0.15, 0.2) is 66.7 Å². The van der Waals surface area contributed by atoms with Gasteiger partial charge in [0.1, 0.15) is 0 Å². The van der Waals surface area contributed by atoms with Crippen molar-refractivity contribution in [3.05, 3.63) is 82.7 Å². The molecule has 0 nitrogen and oxygen atoms in total. The number of benzene rings is 3. The van der Waals surface area contributed by atoms with Gasteiger partial charge in [0.05, 0.1) is 0 Å². The second-order valence-electron chi connectivity index (χ2n) is 5.41. The Balaban J connectivity index is 1.92. The van der Waals surface area contributed by atoms with Gasteiger partial charge in [0.15, 0.2) is 0 Å². The first-order chi connectivity index (χ1) is 9.92. The summed E-state index contributed by atoms with van der Waals surface area (Å²) in [5, 5.41) is 5.46. The van der Waals surface area contributed by atoms with E-state index in [1.165, 1.54) is 26.8 Å². The molecule has 0 heteroatoms. The Labute approximate surface area is 118 Å². The van der Waals surface area contributed by atoms with Crippen molar-refractivity contribution in [2.45, 2.75) is 12.3 Å². The Kier molecular flexibility index (Phi) is 2.67. The van der Waals surface area contributed by atoms with Crippen molar-refractivity contribution >= 4 is 22.9 Å². The summed E-state index contributed by atoms with van der Waals surface area (Å²) < 4.78 is 0. The average molecular weight is 256 g/mol. The van der Waals surface area contributed by atoms with Crippen molar-refractivity contribution in [1.82, 2.24) is 0 Å². The molecule has 3 aromatic carbocycles. The summed E-state index contributed by atoms with van der Waals surface area (Å²) >= 11 is 0. The monoisotopic (exact) mass is 256 g/mol. The maximum Gasteiger partial charge on any atom is 0.00620 e. The van der Waals surface area contributed by atoms with Crippen LogP contribution in [0.2, 0.25) is 0 Å². The molecule has 1 aliphatic carbocycles. The van der Waals surface area contributed by atoms with Crippen LogP contribution in [0.1, 0.15) is 17.9 Å². The van der Waals surface area contributed by atoms with Gasteiger partial charge in [0.25, 0.3) is 0 Å². The third-order valence-electron chi connectivity index (χ3n) is 4.19. The largest absolute Gasteiger partial charge is 0.0751 e. The second kappa shape index (κ2) is 4.64. The Morgan fingerprint density at radius 3 is 2.45 bits per heavy atom. The minimum absolute atomic E-state index is 0.505. The number of rotatable bonds is 1. The maximum atomic E-state index is 2.41. The molecular weight excluding hydrogens is 240 g/mol. The summed E-state index contributed by atoms with van der Waals surface area (Å²) in [5.41, 5.74) is 1.41. The van der Waals surface area contributed by atoms with Gasteiger partial charge in [-0.3, -0.25) is 0 Å². The third-order valence-corrected chi connectivity index (χ3v) is 4.19. The molecule has 0 fully saturated rings. The van der Waals surface area contributed by atoms with E-state index in [-0.39, 0.29) is 0 Å². The lowest BCUT2D eigenvalue weighted by molar-refractivity contribution is 0.922. The van der Waals surface area contributed by atoms with Crippen LogP contribution < -0.4 is 10.4 Å². The Bertz CT molecular complexity index is 873. The van der Waals surface area contributed by atoms with E-state index in [0.29, 0.717) is 5.92 Å². The number of hydrogen-bond donors (Lipinski definition) is 0. The topological polar surface area (TPSA) is 0 Å². The predicted octanol–water partition coefficient (Wildman–Crippen LogP) is 3.59.